The van der Waals surface area contributed by atoms with Gasteiger partial charge in [-0.3, -0.25) is 0 Å². The van der Waals surface area contributed by atoms with Gasteiger partial charge in [0.25, 0.3) is 0 Å². The van der Waals surface area contributed by atoms with Gasteiger partial charge in [-0.1, -0.05) is 57.2 Å². The highest BCUT2D eigenvalue weighted by molar-refractivity contribution is 5.88. The Bertz CT molecular complexity index is 826. The van der Waals surface area contributed by atoms with E-state index in [0.29, 0.717) is 11.5 Å². The van der Waals surface area contributed by atoms with Crippen molar-refractivity contribution < 1.29 is 9.90 Å². The van der Waals surface area contributed by atoms with Crippen LogP contribution >= 0.6 is 0 Å². The van der Waals surface area contributed by atoms with Crippen LogP contribution in [0.1, 0.15) is 79.1 Å². The predicted octanol–water partition coefficient (Wildman–Crippen LogP) is 6.12. The van der Waals surface area contributed by atoms with Crippen molar-refractivity contribution in [3.8, 4) is 0 Å². The number of rotatable bonds is 3. The average molecular weight is 334 g/mol. The summed E-state index contributed by atoms with van der Waals surface area (Å²) in [7, 11) is 0. The van der Waals surface area contributed by atoms with Gasteiger partial charge in [0.2, 0.25) is 0 Å². The maximum atomic E-state index is 11.0. The molecule has 0 aliphatic heterocycles. The summed E-state index contributed by atoms with van der Waals surface area (Å²) < 4.78 is 0. The zero-order valence-corrected chi connectivity index (χ0v) is 15.5. The molecule has 0 aromatic heterocycles. The number of aromatic carboxylic acids is 1. The molecule has 2 aromatic carbocycles. The summed E-state index contributed by atoms with van der Waals surface area (Å²) in [5, 5.41) is 9.00. The number of carbonyl (C=O) groups is 1. The van der Waals surface area contributed by atoms with Gasteiger partial charge in [-0.15, -0.1) is 0 Å². The van der Waals surface area contributed by atoms with Crippen molar-refractivity contribution in [2.45, 2.75) is 51.9 Å². The molecule has 1 atom stereocenters. The molecule has 0 saturated carbocycles. The molecule has 25 heavy (non-hydrogen) atoms. The Morgan fingerprint density at radius 3 is 2.40 bits per heavy atom. The highest BCUT2D eigenvalue weighted by Gasteiger charge is 2.30. The van der Waals surface area contributed by atoms with Crippen LogP contribution in [0.25, 0.3) is 11.6 Å². The normalized spacial score (nSPS) is 19.4. The van der Waals surface area contributed by atoms with E-state index < -0.39 is 5.97 Å². The van der Waals surface area contributed by atoms with E-state index in [2.05, 4.69) is 52.0 Å². The smallest absolute Gasteiger partial charge is 0.335 e. The van der Waals surface area contributed by atoms with Crippen LogP contribution in [-0.2, 0) is 5.41 Å². The summed E-state index contributed by atoms with van der Waals surface area (Å²) in [5.41, 5.74) is 6.95. The lowest BCUT2D eigenvalue weighted by Crippen LogP contribution is -2.25. The van der Waals surface area contributed by atoms with Gasteiger partial charge in [-0.05, 0) is 71.1 Å². The SMILES string of the molecule is C/C(=C\c1ccc(C(=O)O)cc1)c1ccc2c(c1)C(C)(C)CCC2C. The molecule has 1 aliphatic rings. The van der Waals surface area contributed by atoms with Crippen molar-refractivity contribution in [3.05, 3.63) is 70.3 Å². The van der Waals surface area contributed by atoms with Gasteiger partial charge >= 0.3 is 5.97 Å². The second-order valence-electron chi connectivity index (χ2n) is 7.88. The summed E-state index contributed by atoms with van der Waals surface area (Å²) in [6.07, 6.45) is 4.60. The van der Waals surface area contributed by atoms with E-state index in [0.717, 1.165) is 5.56 Å². The van der Waals surface area contributed by atoms with Crippen LogP contribution in [-0.4, -0.2) is 11.1 Å². The molecule has 0 saturated heterocycles. The van der Waals surface area contributed by atoms with E-state index in [9.17, 15) is 4.79 Å². The molecule has 2 aromatic rings. The van der Waals surface area contributed by atoms with Crippen LogP contribution in [0, 0.1) is 0 Å². The molecular formula is C23H26O2. The van der Waals surface area contributed by atoms with E-state index in [4.69, 9.17) is 5.11 Å². The molecule has 130 valence electrons. The van der Waals surface area contributed by atoms with Crippen LogP contribution < -0.4 is 0 Å². The molecule has 2 heteroatoms. The first-order valence-electron chi connectivity index (χ1n) is 8.94. The number of benzene rings is 2. The van der Waals surface area contributed by atoms with E-state index >= 15 is 0 Å². The standard InChI is InChI=1S/C23H26O2/c1-15-11-12-23(3,4)21-14-19(9-10-20(15)21)16(2)13-17-5-7-18(8-6-17)22(24)25/h5-10,13-15H,11-12H2,1-4H3,(H,24,25)/b16-13+. The fourth-order valence-corrected chi connectivity index (χ4v) is 3.74. The Morgan fingerprint density at radius 1 is 1.12 bits per heavy atom. The molecule has 0 bridgehead atoms. The van der Waals surface area contributed by atoms with Gasteiger partial charge in [0.15, 0.2) is 0 Å². The molecule has 1 aliphatic carbocycles. The van der Waals surface area contributed by atoms with E-state index in [1.807, 2.05) is 12.1 Å². The number of hydrogen-bond donors (Lipinski definition) is 1. The number of hydrogen-bond acceptors (Lipinski definition) is 1. The molecule has 3 rings (SSSR count). The van der Waals surface area contributed by atoms with Crippen LogP contribution in [0.15, 0.2) is 42.5 Å². The zero-order valence-electron chi connectivity index (χ0n) is 15.5. The van der Waals surface area contributed by atoms with E-state index in [1.54, 1.807) is 12.1 Å². The second kappa shape index (κ2) is 6.51. The third-order valence-electron chi connectivity index (χ3n) is 5.51. The molecular weight excluding hydrogens is 308 g/mol. The summed E-state index contributed by atoms with van der Waals surface area (Å²) in [6, 6.07) is 13.9. The topological polar surface area (TPSA) is 37.3 Å². The van der Waals surface area contributed by atoms with Gasteiger partial charge in [-0.2, -0.15) is 0 Å². The molecule has 0 heterocycles. The lowest BCUT2D eigenvalue weighted by atomic mass is 9.68. The minimum absolute atomic E-state index is 0.223. The van der Waals surface area contributed by atoms with Crippen LogP contribution in [0.2, 0.25) is 0 Å². The fourth-order valence-electron chi connectivity index (χ4n) is 3.74. The molecule has 0 spiro atoms. The van der Waals surface area contributed by atoms with Gasteiger partial charge in [0.1, 0.15) is 0 Å². The Labute approximate surface area is 150 Å². The average Bonchev–Trinajstić information content (AvgIpc) is 2.58. The second-order valence-corrected chi connectivity index (χ2v) is 7.88. The summed E-state index contributed by atoms with van der Waals surface area (Å²) in [5.74, 6) is -0.261. The maximum Gasteiger partial charge on any atom is 0.335 e. The molecule has 2 nitrogen and oxygen atoms in total. The van der Waals surface area contributed by atoms with Crippen molar-refractivity contribution in [1.29, 1.82) is 0 Å². The monoisotopic (exact) mass is 334 g/mol. The van der Waals surface area contributed by atoms with Crippen molar-refractivity contribution in [3.63, 3.8) is 0 Å². The zero-order chi connectivity index (χ0) is 18.2. The van der Waals surface area contributed by atoms with Gasteiger partial charge in [-0.25, -0.2) is 4.79 Å². The van der Waals surface area contributed by atoms with Crippen molar-refractivity contribution >= 4 is 17.6 Å². The van der Waals surface area contributed by atoms with Crippen molar-refractivity contribution in [1.82, 2.24) is 0 Å². The lowest BCUT2D eigenvalue weighted by Gasteiger charge is -2.36. The number of allylic oxidation sites excluding steroid dienone is 1. The molecule has 0 fully saturated rings. The fraction of sp³-hybridized carbons (Fsp3) is 0.348. The Morgan fingerprint density at radius 2 is 1.76 bits per heavy atom. The first-order chi connectivity index (χ1) is 11.8. The first-order valence-corrected chi connectivity index (χ1v) is 8.94. The maximum absolute atomic E-state index is 11.0. The number of fused-ring (bicyclic) bond motifs is 1. The highest BCUT2D eigenvalue weighted by atomic mass is 16.4. The Kier molecular flexibility index (Phi) is 4.55. The first kappa shape index (κ1) is 17.5. The third-order valence-corrected chi connectivity index (χ3v) is 5.51. The van der Waals surface area contributed by atoms with Crippen molar-refractivity contribution in [2.24, 2.45) is 0 Å². The summed E-state index contributed by atoms with van der Waals surface area (Å²) in [4.78, 5) is 11.0. The van der Waals surface area contributed by atoms with E-state index in [1.165, 1.54) is 35.1 Å². The van der Waals surface area contributed by atoms with Gasteiger partial charge < -0.3 is 5.11 Å². The Balaban J connectivity index is 1.95. The van der Waals surface area contributed by atoms with Gasteiger partial charge in [0, 0.05) is 0 Å². The Hall–Kier alpha value is -2.35. The molecule has 0 amide bonds. The molecule has 1 N–H and O–H groups in total. The van der Waals surface area contributed by atoms with Crippen LogP contribution in [0.5, 0.6) is 0 Å². The van der Waals surface area contributed by atoms with Crippen LogP contribution in [0.4, 0.5) is 0 Å². The third kappa shape index (κ3) is 3.53. The number of carboxylic acid groups (broad SMARTS) is 1. The largest absolute Gasteiger partial charge is 0.478 e. The lowest BCUT2D eigenvalue weighted by molar-refractivity contribution is 0.0697. The van der Waals surface area contributed by atoms with E-state index in [-0.39, 0.29) is 5.41 Å². The van der Waals surface area contributed by atoms with Crippen LogP contribution in [0.3, 0.4) is 0 Å². The quantitative estimate of drug-likeness (QED) is 0.687. The summed E-state index contributed by atoms with van der Waals surface area (Å²) >= 11 is 0. The molecule has 1 unspecified atom stereocenters. The number of carboxylic acids is 1. The predicted molar refractivity (Wildman–Crippen MR) is 104 cm³/mol. The highest BCUT2D eigenvalue weighted by Crippen LogP contribution is 2.43. The van der Waals surface area contributed by atoms with Gasteiger partial charge in [0.05, 0.1) is 5.56 Å². The summed E-state index contributed by atoms with van der Waals surface area (Å²) in [6.45, 7) is 9.11. The molecule has 0 radical (unpaired) electrons. The van der Waals surface area contributed by atoms with Crippen molar-refractivity contribution in [2.75, 3.05) is 0 Å². The minimum Gasteiger partial charge on any atom is -0.478 e. The minimum atomic E-state index is -0.890.